The summed E-state index contributed by atoms with van der Waals surface area (Å²) in [7, 11) is 0. The number of halogens is 1. The molecule has 2 aromatic rings. The first kappa shape index (κ1) is 18.0. The van der Waals surface area contributed by atoms with E-state index in [-0.39, 0.29) is 41.2 Å². The largest absolute Gasteiger partial charge is 0.434 e. The summed E-state index contributed by atoms with van der Waals surface area (Å²) in [5.74, 6) is -0.120. The van der Waals surface area contributed by atoms with Crippen LogP contribution in [0.2, 0.25) is 0 Å². The second kappa shape index (κ2) is 7.20. The van der Waals surface area contributed by atoms with Gasteiger partial charge in [-0.15, -0.1) is 0 Å². The minimum atomic E-state index is -0.564. The topological polar surface area (TPSA) is 90.6 Å². The highest BCUT2D eigenvalue weighted by molar-refractivity contribution is 5.63. The molecule has 1 aromatic heterocycles. The van der Waals surface area contributed by atoms with Crippen molar-refractivity contribution in [3.05, 3.63) is 46.0 Å². The first-order valence-corrected chi connectivity index (χ1v) is 8.19. The lowest BCUT2D eigenvalue weighted by atomic mass is 10.2. The third-order valence-corrected chi connectivity index (χ3v) is 4.02. The van der Waals surface area contributed by atoms with E-state index in [1.54, 1.807) is 11.8 Å². The third-order valence-electron chi connectivity index (χ3n) is 4.02. The van der Waals surface area contributed by atoms with E-state index in [9.17, 15) is 14.5 Å². The van der Waals surface area contributed by atoms with Crippen molar-refractivity contribution in [3.8, 4) is 11.6 Å². The molecule has 1 saturated heterocycles. The average molecular weight is 362 g/mol. The SMILES string of the molecule is Cc1cc(Oc2ncnc(N3CC(C)OC(C)C3)c2[N+](=O)[O-])ccc1F. The van der Waals surface area contributed by atoms with E-state index in [1.807, 2.05) is 13.8 Å². The van der Waals surface area contributed by atoms with Gasteiger partial charge in [0.15, 0.2) is 0 Å². The molecule has 0 N–H and O–H groups in total. The Morgan fingerprint density at radius 2 is 2.00 bits per heavy atom. The fourth-order valence-corrected chi connectivity index (χ4v) is 2.96. The van der Waals surface area contributed by atoms with E-state index >= 15 is 0 Å². The Hall–Kier alpha value is -2.81. The van der Waals surface area contributed by atoms with Crippen LogP contribution < -0.4 is 9.64 Å². The van der Waals surface area contributed by atoms with Gasteiger partial charge in [-0.1, -0.05) is 0 Å². The van der Waals surface area contributed by atoms with Gasteiger partial charge in [-0.25, -0.2) is 9.37 Å². The van der Waals surface area contributed by atoms with Crippen molar-refractivity contribution < 1.29 is 18.8 Å². The van der Waals surface area contributed by atoms with Crippen LogP contribution in [0.1, 0.15) is 19.4 Å². The van der Waals surface area contributed by atoms with Gasteiger partial charge < -0.3 is 14.4 Å². The summed E-state index contributed by atoms with van der Waals surface area (Å²) in [6.07, 6.45) is 1.05. The minimum Gasteiger partial charge on any atom is -0.434 e. The lowest BCUT2D eigenvalue weighted by Gasteiger charge is -2.35. The summed E-state index contributed by atoms with van der Waals surface area (Å²) in [6, 6.07) is 4.09. The molecule has 0 amide bonds. The quantitative estimate of drug-likeness (QED) is 0.609. The van der Waals surface area contributed by atoms with Crippen LogP contribution in [0.3, 0.4) is 0 Å². The van der Waals surface area contributed by atoms with Crippen LogP contribution in [0.5, 0.6) is 11.6 Å². The Balaban J connectivity index is 1.98. The van der Waals surface area contributed by atoms with Gasteiger partial charge in [0, 0.05) is 13.1 Å². The van der Waals surface area contributed by atoms with Gasteiger partial charge in [-0.05, 0) is 44.5 Å². The number of rotatable bonds is 4. The molecule has 1 fully saturated rings. The van der Waals surface area contributed by atoms with Crippen LogP contribution in [0.15, 0.2) is 24.5 Å². The molecule has 1 aromatic carbocycles. The highest BCUT2D eigenvalue weighted by atomic mass is 19.1. The number of anilines is 1. The van der Waals surface area contributed by atoms with Gasteiger partial charge in [0.1, 0.15) is 17.9 Å². The summed E-state index contributed by atoms with van der Waals surface area (Å²) in [4.78, 5) is 20.9. The zero-order valence-corrected chi connectivity index (χ0v) is 14.7. The first-order chi connectivity index (χ1) is 12.3. The molecule has 0 bridgehead atoms. The van der Waals surface area contributed by atoms with Gasteiger partial charge >= 0.3 is 11.6 Å². The number of nitrogens with zero attached hydrogens (tertiary/aromatic N) is 4. The zero-order valence-electron chi connectivity index (χ0n) is 14.7. The number of nitro groups is 1. The molecule has 9 heteroatoms. The number of hydrogen-bond acceptors (Lipinski definition) is 7. The van der Waals surface area contributed by atoms with Crippen molar-refractivity contribution >= 4 is 11.5 Å². The molecule has 138 valence electrons. The molecule has 3 rings (SSSR count). The standard InChI is InChI=1S/C17H19FN4O4/c1-10-6-13(4-5-14(10)18)26-17-15(22(23)24)16(19-9-20-17)21-7-11(2)25-12(3)8-21/h4-6,9,11-12H,7-8H2,1-3H3. The Labute approximate surface area is 149 Å². The zero-order chi connectivity index (χ0) is 18.8. The summed E-state index contributed by atoms with van der Waals surface area (Å²) in [5.41, 5.74) is 0.0473. The van der Waals surface area contributed by atoms with E-state index in [4.69, 9.17) is 9.47 Å². The van der Waals surface area contributed by atoms with Crippen LogP contribution in [-0.2, 0) is 4.74 Å². The molecule has 26 heavy (non-hydrogen) atoms. The number of morpholine rings is 1. The molecule has 2 heterocycles. The Morgan fingerprint density at radius 3 is 2.62 bits per heavy atom. The van der Waals surface area contributed by atoms with Crippen molar-refractivity contribution in [2.24, 2.45) is 0 Å². The maximum atomic E-state index is 13.4. The number of aromatic nitrogens is 2. The van der Waals surface area contributed by atoms with Crippen molar-refractivity contribution in [3.63, 3.8) is 0 Å². The predicted molar refractivity (Wildman–Crippen MR) is 92.1 cm³/mol. The van der Waals surface area contributed by atoms with E-state index in [2.05, 4.69) is 9.97 Å². The van der Waals surface area contributed by atoms with Crippen molar-refractivity contribution in [2.45, 2.75) is 33.0 Å². The molecule has 0 spiro atoms. The van der Waals surface area contributed by atoms with Gasteiger partial charge in [0.2, 0.25) is 5.82 Å². The fourth-order valence-electron chi connectivity index (χ4n) is 2.96. The minimum absolute atomic E-state index is 0.0857. The Kier molecular flexibility index (Phi) is 4.99. The lowest BCUT2D eigenvalue weighted by Crippen LogP contribution is -2.46. The van der Waals surface area contributed by atoms with Gasteiger partial charge in [0.25, 0.3) is 0 Å². The normalized spacial score (nSPS) is 20.1. The molecule has 1 aliphatic heterocycles. The average Bonchev–Trinajstić information content (AvgIpc) is 2.57. The maximum absolute atomic E-state index is 13.4. The smallest absolute Gasteiger partial charge is 0.373 e. The summed E-state index contributed by atoms with van der Waals surface area (Å²) >= 11 is 0. The molecule has 1 aliphatic rings. The van der Waals surface area contributed by atoms with Crippen molar-refractivity contribution in [1.29, 1.82) is 0 Å². The van der Waals surface area contributed by atoms with E-state index in [0.29, 0.717) is 18.7 Å². The number of aryl methyl sites for hydroxylation is 1. The van der Waals surface area contributed by atoms with Crippen LogP contribution in [0.4, 0.5) is 15.9 Å². The van der Waals surface area contributed by atoms with E-state index in [0.717, 1.165) is 0 Å². The molecule has 0 saturated carbocycles. The van der Waals surface area contributed by atoms with Crippen LogP contribution in [0, 0.1) is 22.9 Å². The molecular formula is C17H19FN4O4. The van der Waals surface area contributed by atoms with Crippen molar-refractivity contribution in [1.82, 2.24) is 9.97 Å². The summed E-state index contributed by atoms with van der Waals surface area (Å²) in [5, 5.41) is 11.7. The van der Waals surface area contributed by atoms with E-state index < -0.39 is 4.92 Å². The number of ether oxygens (including phenoxy) is 2. The molecule has 0 aliphatic carbocycles. The van der Waals surface area contributed by atoms with Gasteiger partial charge in [-0.2, -0.15) is 4.98 Å². The van der Waals surface area contributed by atoms with Gasteiger partial charge in [0.05, 0.1) is 17.1 Å². The molecule has 8 nitrogen and oxygen atoms in total. The van der Waals surface area contributed by atoms with Crippen molar-refractivity contribution in [2.75, 3.05) is 18.0 Å². The highest BCUT2D eigenvalue weighted by Crippen LogP contribution is 2.37. The summed E-state index contributed by atoms with van der Waals surface area (Å²) < 4.78 is 24.7. The first-order valence-electron chi connectivity index (χ1n) is 8.19. The molecular weight excluding hydrogens is 343 g/mol. The van der Waals surface area contributed by atoms with Crippen LogP contribution in [0.25, 0.3) is 0 Å². The summed E-state index contributed by atoms with van der Waals surface area (Å²) in [6.45, 7) is 6.32. The monoisotopic (exact) mass is 362 g/mol. The second-order valence-electron chi connectivity index (χ2n) is 6.28. The highest BCUT2D eigenvalue weighted by Gasteiger charge is 2.32. The fraction of sp³-hybridized carbons (Fsp3) is 0.412. The molecule has 2 unspecified atom stereocenters. The number of hydrogen-bond donors (Lipinski definition) is 0. The lowest BCUT2D eigenvalue weighted by molar-refractivity contribution is -0.385. The van der Waals surface area contributed by atoms with Crippen LogP contribution in [-0.4, -0.2) is 40.2 Å². The van der Waals surface area contributed by atoms with Gasteiger partial charge in [-0.3, -0.25) is 10.1 Å². The second-order valence-corrected chi connectivity index (χ2v) is 6.28. The molecule has 2 atom stereocenters. The maximum Gasteiger partial charge on any atom is 0.373 e. The van der Waals surface area contributed by atoms with Crippen LogP contribution >= 0.6 is 0 Å². The Bertz CT molecular complexity index is 822. The third kappa shape index (κ3) is 3.72. The predicted octanol–water partition coefficient (Wildman–Crippen LogP) is 3.24. The van der Waals surface area contributed by atoms with E-state index in [1.165, 1.54) is 24.5 Å². The number of benzene rings is 1. The molecule has 0 radical (unpaired) electrons. The Morgan fingerprint density at radius 1 is 1.31 bits per heavy atom.